The Balaban J connectivity index is 1.90. The minimum absolute atomic E-state index is 0.516. The number of anilines is 2. The molecule has 0 aliphatic carbocycles. The number of hydrogen-bond donors (Lipinski definition) is 2. The highest BCUT2D eigenvalue weighted by Gasteiger charge is 2.03. The van der Waals surface area contributed by atoms with Gasteiger partial charge in [0, 0.05) is 12.1 Å². The summed E-state index contributed by atoms with van der Waals surface area (Å²) in [7, 11) is 1.67. The highest BCUT2D eigenvalue weighted by atomic mass is 16.5. The third-order valence-corrected chi connectivity index (χ3v) is 2.99. The van der Waals surface area contributed by atoms with E-state index in [1.165, 1.54) is 11.9 Å². The summed E-state index contributed by atoms with van der Waals surface area (Å²) in [6.07, 6.45) is 2.38. The molecule has 5 heteroatoms. The van der Waals surface area contributed by atoms with Crippen molar-refractivity contribution in [3.63, 3.8) is 0 Å². The van der Waals surface area contributed by atoms with Crippen molar-refractivity contribution in [2.75, 3.05) is 24.7 Å². The lowest BCUT2D eigenvalue weighted by molar-refractivity contribution is 0.414. The summed E-state index contributed by atoms with van der Waals surface area (Å²) in [5, 5.41) is 3.27. The van der Waals surface area contributed by atoms with Crippen LogP contribution in [0, 0.1) is 6.92 Å². The summed E-state index contributed by atoms with van der Waals surface area (Å²) >= 11 is 0. The highest BCUT2D eigenvalue weighted by Crippen LogP contribution is 2.15. The maximum Gasteiger partial charge on any atom is 0.134 e. The number of ether oxygens (including phenoxy) is 1. The van der Waals surface area contributed by atoms with Crippen molar-refractivity contribution in [3.05, 3.63) is 41.7 Å². The van der Waals surface area contributed by atoms with Gasteiger partial charge in [-0.05, 0) is 31.0 Å². The van der Waals surface area contributed by atoms with Crippen LogP contribution < -0.4 is 15.8 Å². The van der Waals surface area contributed by atoms with Gasteiger partial charge in [-0.3, -0.25) is 0 Å². The Morgan fingerprint density at radius 1 is 1.21 bits per heavy atom. The summed E-state index contributed by atoms with van der Waals surface area (Å²) in [6, 6.07) is 8.04. The van der Waals surface area contributed by atoms with Crippen LogP contribution in [0.15, 0.2) is 30.6 Å². The van der Waals surface area contributed by atoms with Crippen LogP contribution >= 0.6 is 0 Å². The van der Waals surface area contributed by atoms with Crippen LogP contribution in [0.5, 0.6) is 5.75 Å². The van der Waals surface area contributed by atoms with E-state index in [2.05, 4.69) is 27.4 Å². The van der Waals surface area contributed by atoms with Crippen molar-refractivity contribution in [1.29, 1.82) is 0 Å². The number of aromatic nitrogens is 2. The molecule has 0 atom stereocenters. The number of nitrogens with two attached hydrogens (primary N) is 1. The summed E-state index contributed by atoms with van der Waals surface area (Å²) in [6.45, 7) is 2.70. The van der Waals surface area contributed by atoms with Gasteiger partial charge in [0.1, 0.15) is 23.7 Å². The molecule has 0 aliphatic heterocycles. The third-order valence-electron chi connectivity index (χ3n) is 2.99. The van der Waals surface area contributed by atoms with E-state index in [1.807, 2.05) is 19.1 Å². The Morgan fingerprint density at radius 2 is 1.95 bits per heavy atom. The number of benzene rings is 1. The van der Waals surface area contributed by atoms with Gasteiger partial charge in [-0.15, -0.1) is 0 Å². The quantitative estimate of drug-likeness (QED) is 0.858. The molecule has 0 fully saturated rings. The van der Waals surface area contributed by atoms with Crippen LogP contribution in [-0.4, -0.2) is 23.6 Å². The molecule has 0 aliphatic rings. The minimum atomic E-state index is 0.516. The molecule has 1 heterocycles. The van der Waals surface area contributed by atoms with Gasteiger partial charge in [0.25, 0.3) is 0 Å². The summed E-state index contributed by atoms with van der Waals surface area (Å²) < 4.78 is 5.13. The maximum atomic E-state index is 5.73. The number of hydrogen-bond acceptors (Lipinski definition) is 5. The number of nitrogen functional groups attached to an aromatic ring is 1. The van der Waals surface area contributed by atoms with Gasteiger partial charge in [0.2, 0.25) is 0 Å². The largest absolute Gasteiger partial charge is 0.497 e. The van der Waals surface area contributed by atoms with E-state index in [9.17, 15) is 0 Å². The number of rotatable bonds is 5. The van der Waals surface area contributed by atoms with E-state index >= 15 is 0 Å². The zero-order valence-corrected chi connectivity index (χ0v) is 11.2. The van der Waals surface area contributed by atoms with Crippen LogP contribution in [0.25, 0.3) is 0 Å². The van der Waals surface area contributed by atoms with Gasteiger partial charge < -0.3 is 15.8 Å². The highest BCUT2D eigenvalue weighted by molar-refractivity contribution is 5.53. The average Bonchev–Trinajstić information content (AvgIpc) is 2.44. The summed E-state index contributed by atoms with van der Waals surface area (Å²) in [4.78, 5) is 8.11. The van der Waals surface area contributed by atoms with E-state index in [0.717, 1.165) is 30.1 Å². The molecular formula is C14H18N4O. The molecule has 3 N–H and O–H groups in total. The Bertz CT molecular complexity index is 540. The molecule has 19 heavy (non-hydrogen) atoms. The van der Waals surface area contributed by atoms with Crippen molar-refractivity contribution in [1.82, 2.24) is 9.97 Å². The van der Waals surface area contributed by atoms with Gasteiger partial charge in [0.15, 0.2) is 0 Å². The van der Waals surface area contributed by atoms with E-state index in [1.54, 1.807) is 7.11 Å². The lowest BCUT2D eigenvalue weighted by Crippen LogP contribution is -2.09. The van der Waals surface area contributed by atoms with E-state index < -0.39 is 0 Å². The molecule has 0 bridgehead atoms. The van der Waals surface area contributed by atoms with Gasteiger partial charge in [-0.2, -0.15) is 0 Å². The SMILES string of the molecule is COc1ccc(CCNc2ncnc(N)c2C)cc1. The molecule has 0 unspecified atom stereocenters. The van der Waals surface area contributed by atoms with Gasteiger partial charge in [-0.25, -0.2) is 9.97 Å². The standard InChI is InChI=1S/C14H18N4O/c1-10-13(15)17-9-18-14(10)16-8-7-11-3-5-12(19-2)6-4-11/h3-6,9H,7-8H2,1-2H3,(H3,15,16,17,18). The molecule has 2 aromatic rings. The molecule has 1 aromatic heterocycles. The number of nitrogens with zero attached hydrogens (tertiary/aromatic N) is 2. The summed E-state index contributed by atoms with van der Waals surface area (Å²) in [5.74, 6) is 2.18. The monoisotopic (exact) mass is 258 g/mol. The predicted octanol–water partition coefficient (Wildman–Crippen LogP) is 2.03. The predicted molar refractivity (Wildman–Crippen MR) is 76.4 cm³/mol. The van der Waals surface area contributed by atoms with Crippen molar-refractivity contribution in [3.8, 4) is 5.75 Å². The van der Waals surface area contributed by atoms with Crippen molar-refractivity contribution in [2.45, 2.75) is 13.3 Å². The van der Waals surface area contributed by atoms with Gasteiger partial charge in [0.05, 0.1) is 7.11 Å². The van der Waals surface area contributed by atoms with E-state index in [0.29, 0.717) is 5.82 Å². The van der Waals surface area contributed by atoms with Crippen molar-refractivity contribution in [2.24, 2.45) is 0 Å². The Hall–Kier alpha value is -2.30. The summed E-state index contributed by atoms with van der Waals surface area (Å²) in [5.41, 5.74) is 7.86. The molecule has 100 valence electrons. The second-order valence-electron chi connectivity index (χ2n) is 4.26. The maximum absolute atomic E-state index is 5.73. The smallest absolute Gasteiger partial charge is 0.134 e. The van der Waals surface area contributed by atoms with Crippen LogP contribution in [0.1, 0.15) is 11.1 Å². The first-order chi connectivity index (χ1) is 9.20. The van der Waals surface area contributed by atoms with Crippen LogP contribution in [0.3, 0.4) is 0 Å². The second-order valence-corrected chi connectivity index (χ2v) is 4.26. The zero-order chi connectivity index (χ0) is 13.7. The lowest BCUT2D eigenvalue weighted by Gasteiger charge is -2.09. The molecule has 0 spiro atoms. The fraction of sp³-hybridized carbons (Fsp3) is 0.286. The molecule has 5 nitrogen and oxygen atoms in total. The first-order valence-electron chi connectivity index (χ1n) is 6.14. The average molecular weight is 258 g/mol. The fourth-order valence-corrected chi connectivity index (χ4v) is 1.76. The Morgan fingerprint density at radius 3 is 2.63 bits per heavy atom. The molecule has 0 radical (unpaired) electrons. The van der Waals surface area contributed by atoms with Gasteiger partial charge >= 0.3 is 0 Å². The first-order valence-corrected chi connectivity index (χ1v) is 6.14. The topological polar surface area (TPSA) is 73.1 Å². The first kappa shape index (κ1) is 13.1. The Labute approximate surface area is 112 Å². The van der Waals surface area contributed by atoms with Crippen LogP contribution in [0.2, 0.25) is 0 Å². The van der Waals surface area contributed by atoms with Gasteiger partial charge in [-0.1, -0.05) is 12.1 Å². The fourth-order valence-electron chi connectivity index (χ4n) is 1.76. The second kappa shape index (κ2) is 6.04. The number of nitrogens with one attached hydrogen (secondary N) is 1. The third kappa shape index (κ3) is 3.34. The van der Waals surface area contributed by atoms with Crippen LogP contribution in [0.4, 0.5) is 11.6 Å². The molecular weight excluding hydrogens is 240 g/mol. The molecule has 1 aromatic carbocycles. The number of methoxy groups -OCH3 is 1. The van der Waals surface area contributed by atoms with E-state index in [4.69, 9.17) is 10.5 Å². The normalized spacial score (nSPS) is 10.2. The van der Waals surface area contributed by atoms with E-state index in [-0.39, 0.29) is 0 Å². The molecule has 0 saturated heterocycles. The minimum Gasteiger partial charge on any atom is -0.497 e. The van der Waals surface area contributed by atoms with Crippen molar-refractivity contribution < 1.29 is 4.74 Å². The van der Waals surface area contributed by atoms with Crippen LogP contribution in [-0.2, 0) is 6.42 Å². The molecule has 2 rings (SSSR count). The molecule has 0 saturated carbocycles. The molecule has 0 amide bonds. The zero-order valence-electron chi connectivity index (χ0n) is 11.2. The Kier molecular flexibility index (Phi) is 4.18. The van der Waals surface area contributed by atoms with Crippen molar-refractivity contribution >= 4 is 11.6 Å². The lowest BCUT2D eigenvalue weighted by atomic mass is 10.1.